The average molecular weight is 435 g/mol. The lowest BCUT2D eigenvalue weighted by Crippen LogP contribution is -2.26. The second kappa shape index (κ2) is 10.6. The first-order valence-electron chi connectivity index (χ1n) is 11.8. The molecular weight excluding hydrogens is 400 g/mol. The molecule has 4 rings (SSSR count). The van der Waals surface area contributed by atoms with Gasteiger partial charge in [-0.2, -0.15) is 0 Å². The Balaban J connectivity index is 1.45. The van der Waals surface area contributed by atoms with E-state index in [0.717, 1.165) is 60.7 Å². The topological polar surface area (TPSA) is 59.4 Å². The molecule has 0 unspecified atom stereocenters. The Bertz CT molecular complexity index is 1050. The summed E-state index contributed by atoms with van der Waals surface area (Å²) < 4.78 is 7.96. The number of rotatable bonds is 8. The fourth-order valence-electron chi connectivity index (χ4n) is 4.40. The van der Waals surface area contributed by atoms with Crippen LogP contribution in [0.4, 0.5) is 5.69 Å². The first-order valence-corrected chi connectivity index (χ1v) is 11.8. The molecule has 0 atom stereocenters. The number of hydrogen-bond donors (Lipinski definition) is 1. The summed E-state index contributed by atoms with van der Waals surface area (Å²) in [6, 6.07) is 13.7. The maximum Gasteiger partial charge on any atom is 0.262 e. The lowest BCUT2D eigenvalue weighted by atomic mass is 10.2. The van der Waals surface area contributed by atoms with Crippen LogP contribution in [0.1, 0.15) is 50.4 Å². The molecule has 2 heterocycles. The van der Waals surface area contributed by atoms with Gasteiger partial charge in [0.25, 0.3) is 5.91 Å². The van der Waals surface area contributed by atoms with Crippen LogP contribution in [0.25, 0.3) is 11.0 Å². The lowest BCUT2D eigenvalue weighted by Gasteiger charge is -2.20. The van der Waals surface area contributed by atoms with Crippen LogP contribution >= 0.6 is 0 Å². The van der Waals surface area contributed by atoms with E-state index in [9.17, 15) is 4.79 Å². The van der Waals surface area contributed by atoms with E-state index >= 15 is 0 Å². The summed E-state index contributed by atoms with van der Waals surface area (Å²) in [4.78, 5) is 19.9. The normalized spacial score (nSPS) is 14.9. The van der Waals surface area contributed by atoms with E-state index < -0.39 is 0 Å². The van der Waals surface area contributed by atoms with Gasteiger partial charge in [0.1, 0.15) is 11.6 Å². The third kappa shape index (κ3) is 5.68. The van der Waals surface area contributed by atoms with Gasteiger partial charge in [0, 0.05) is 12.2 Å². The molecule has 6 heteroatoms. The summed E-state index contributed by atoms with van der Waals surface area (Å²) in [5.74, 6) is 1.64. The zero-order chi connectivity index (χ0) is 22.3. The highest BCUT2D eigenvalue weighted by molar-refractivity contribution is 5.94. The van der Waals surface area contributed by atoms with E-state index in [4.69, 9.17) is 9.72 Å². The van der Waals surface area contributed by atoms with Crippen LogP contribution in [-0.4, -0.2) is 40.1 Å². The van der Waals surface area contributed by atoms with Gasteiger partial charge in [0.2, 0.25) is 0 Å². The molecule has 1 aliphatic heterocycles. The monoisotopic (exact) mass is 434 g/mol. The van der Waals surface area contributed by atoms with Crippen LogP contribution in [0.15, 0.2) is 42.5 Å². The van der Waals surface area contributed by atoms with E-state index in [1.807, 2.05) is 43.3 Å². The summed E-state index contributed by atoms with van der Waals surface area (Å²) >= 11 is 0. The SMILES string of the molecule is CCCn1c(CN2CCCCCC2)nc2cc(NC(=O)COc3cccc(C)c3)ccc21. The highest BCUT2D eigenvalue weighted by atomic mass is 16.5. The number of carbonyl (C=O) groups is 1. The average Bonchev–Trinajstić information content (AvgIpc) is 2.93. The molecule has 3 aromatic rings. The van der Waals surface area contributed by atoms with Gasteiger partial charge in [-0.1, -0.05) is 31.9 Å². The number of imidazole rings is 1. The number of benzene rings is 2. The molecule has 6 nitrogen and oxygen atoms in total. The van der Waals surface area contributed by atoms with Crippen LogP contribution in [0.3, 0.4) is 0 Å². The van der Waals surface area contributed by atoms with Gasteiger partial charge in [-0.25, -0.2) is 4.98 Å². The summed E-state index contributed by atoms with van der Waals surface area (Å²) in [6.07, 6.45) is 6.27. The molecule has 1 aromatic heterocycles. The van der Waals surface area contributed by atoms with E-state index in [-0.39, 0.29) is 12.5 Å². The smallest absolute Gasteiger partial charge is 0.262 e. The quantitative estimate of drug-likeness (QED) is 0.533. The molecule has 170 valence electrons. The first-order chi connectivity index (χ1) is 15.6. The van der Waals surface area contributed by atoms with Crippen molar-refractivity contribution in [3.05, 3.63) is 53.9 Å². The van der Waals surface area contributed by atoms with Gasteiger partial charge in [-0.15, -0.1) is 0 Å². The maximum absolute atomic E-state index is 12.4. The number of aromatic nitrogens is 2. The molecule has 1 amide bonds. The maximum atomic E-state index is 12.4. The van der Waals surface area contributed by atoms with E-state index in [1.165, 1.54) is 25.7 Å². The summed E-state index contributed by atoms with van der Waals surface area (Å²) in [6.45, 7) is 8.32. The highest BCUT2D eigenvalue weighted by Gasteiger charge is 2.16. The molecule has 0 aliphatic carbocycles. The number of ether oxygens (including phenoxy) is 1. The number of likely N-dealkylation sites (tertiary alicyclic amines) is 1. The third-order valence-corrected chi connectivity index (χ3v) is 5.98. The molecule has 1 saturated heterocycles. The zero-order valence-electron chi connectivity index (χ0n) is 19.3. The van der Waals surface area contributed by atoms with Crippen LogP contribution in [-0.2, 0) is 17.9 Å². The van der Waals surface area contributed by atoms with Crippen molar-refractivity contribution < 1.29 is 9.53 Å². The summed E-state index contributed by atoms with van der Waals surface area (Å²) in [7, 11) is 0. The second-order valence-electron chi connectivity index (χ2n) is 8.73. The number of fused-ring (bicyclic) bond motifs is 1. The van der Waals surface area contributed by atoms with Crippen molar-refractivity contribution in [2.45, 2.75) is 59.0 Å². The molecule has 2 aromatic carbocycles. The second-order valence-corrected chi connectivity index (χ2v) is 8.73. The number of carbonyl (C=O) groups excluding carboxylic acids is 1. The van der Waals surface area contributed by atoms with Crippen molar-refractivity contribution >= 4 is 22.6 Å². The zero-order valence-corrected chi connectivity index (χ0v) is 19.3. The largest absolute Gasteiger partial charge is 0.484 e. The van der Waals surface area contributed by atoms with Crippen molar-refractivity contribution in [3.63, 3.8) is 0 Å². The van der Waals surface area contributed by atoms with Gasteiger partial charge in [-0.3, -0.25) is 9.69 Å². The van der Waals surface area contributed by atoms with Crippen molar-refractivity contribution in [3.8, 4) is 5.75 Å². The van der Waals surface area contributed by atoms with E-state index in [1.54, 1.807) is 0 Å². The Kier molecular flexibility index (Phi) is 7.43. The standard InChI is InChI=1S/C26H34N4O2/c1-3-13-30-24-12-11-21(27-26(31)19-32-22-10-8-9-20(2)16-22)17-23(24)28-25(30)18-29-14-6-4-5-7-15-29/h8-12,16-17H,3-7,13-15,18-19H2,1-2H3,(H,27,31). The molecule has 1 fully saturated rings. The Morgan fingerprint density at radius 2 is 1.91 bits per heavy atom. The summed E-state index contributed by atoms with van der Waals surface area (Å²) in [5, 5.41) is 2.95. The van der Waals surface area contributed by atoms with Gasteiger partial charge < -0.3 is 14.6 Å². The van der Waals surface area contributed by atoms with Crippen molar-refractivity contribution in [1.82, 2.24) is 14.5 Å². The third-order valence-electron chi connectivity index (χ3n) is 5.98. The van der Waals surface area contributed by atoms with Crippen LogP contribution < -0.4 is 10.1 Å². The van der Waals surface area contributed by atoms with Gasteiger partial charge in [0.15, 0.2) is 6.61 Å². The molecule has 0 radical (unpaired) electrons. The number of anilines is 1. The van der Waals surface area contributed by atoms with Gasteiger partial charge in [0.05, 0.1) is 17.6 Å². The predicted molar refractivity (Wildman–Crippen MR) is 129 cm³/mol. The number of amides is 1. The molecule has 0 bridgehead atoms. The van der Waals surface area contributed by atoms with Crippen molar-refractivity contribution in [2.75, 3.05) is 25.0 Å². The lowest BCUT2D eigenvalue weighted by molar-refractivity contribution is -0.118. The fraction of sp³-hybridized carbons (Fsp3) is 0.462. The van der Waals surface area contributed by atoms with Gasteiger partial charge in [-0.05, 0) is 75.2 Å². The Morgan fingerprint density at radius 3 is 2.66 bits per heavy atom. The van der Waals surface area contributed by atoms with Crippen LogP contribution in [0.5, 0.6) is 5.75 Å². The Labute approximate surface area is 190 Å². The minimum absolute atomic E-state index is 0.0218. The minimum atomic E-state index is -0.177. The predicted octanol–water partition coefficient (Wildman–Crippen LogP) is 5.15. The fourth-order valence-corrected chi connectivity index (χ4v) is 4.40. The first kappa shape index (κ1) is 22.3. The van der Waals surface area contributed by atoms with Crippen LogP contribution in [0.2, 0.25) is 0 Å². The van der Waals surface area contributed by atoms with Crippen molar-refractivity contribution in [1.29, 1.82) is 0 Å². The highest BCUT2D eigenvalue weighted by Crippen LogP contribution is 2.23. The van der Waals surface area contributed by atoms with Gasteiger partial charge >= 0.3 is 0 Å². The Hall–Kier alpha value is -2.86. The molecule has 1 aliphatic rings. The van der Waals surface area contributed by atoms with E-state index in [2.05, 4.69) is 27.8 Å². The molecule has 0 spiro atoms. The Morgan fingerprint density at radius 1 is 1.09 bits per heavy atom. The summed E-state index contributed by atoms with van der Waals surface area (Å²) in [5.41, 5.74) is 3.91. The van der Waals surface area contributed by atoms with Crippen LogP contribution in [0, 0.1) is 6.92 Å². The number of hydrogen-bond acceptors (Lipinski definition) is 4. The van der Waals surface area contributed by atoms with E-state index in [0.29, 0.717) is 5.75 Å². The number of nitrogens with zero attached hydrogens (tertiary/aromatic N) is 3. The number of nitrogens with one attached hydrogen (secondary N) is 1. The van der Waals surface area contributed by atoms with Crippen molar-refractivity contribution in [2.24, 2.45) is 0 Å². The minimum Gasteiger partial charge on any atom is -0.484 e. The molecular formula is C26H34N4O2. The number of aryl methyl sites for hydroxylation is 2. The molecule has 32 heavy (non-hydrogen) atoms. The molecule has 0 saturated carbocycles. The molecule has 1 N–H and O–H groups in total.